The zero-order chi connectivity index (χ0) is 15.3. The number of aryl methyl sites for hydroxylation is 2. The summed E-state index contributed by atoms with van der Waals surface area (Å²) in [6.45, 7) is 5.92. The molecule has 0 fully saturated rings. The minimum Gasteiger partial charge on any atom is -0.493 e. The first-order valence-electron chi connectivity index (χ1n) is 6.41. The smallest absolute Gasteiger partial charge is 0.209 e. The fourth-order valence-corrected chi connectivity index (χ4v) is 3.05. The van der Waals surface area contributed by atoms with Crippen molar-refractivity contribution in [1.29, 1.82) is 5.26 Å². The highest BCUT2D eigenvalue weighted by Gasteiger charge is 2.16. The number of sulfonamides is 1. The van der Waals surface area contributed by atoms with Crippen LogP contribution in [0.3, 0.4) is 0 Å². The Bertz CT molecular complexity index is 595. The molecule has 20 heavy (non-hydrogen) atoms. The van der Waals surface area contributed by atoms with Crippen LogP contribution >= 0.6 is 0 Å². The zero-order valence-corrected chi connectivity index (χ0v) is 12.8. The van der Waals surface area contributed by atoms with Gasteiger partial charge in [0, 0.05) is 5.92 Å². The topological polar surface area (TPSA) is 93.2 Å². The first-order valence-corrected chi connectivity index (χ1v) is 8.13. The van der Waals surface area contributed by atoms with E-state index in [4.69, 9.17) is 15.1 Å². The van der Waals surface area contributed by atoms with Crippen LogP contribution in [0, 0.1) is 31.1 Å². The fraction of sp³-hybridized carbons (Fsp3) is 0.500. The highest BCUT2D eigenvalue weighted by Crippen LogP contribution is 2.25. The first kappa shape index (κ1) is 16.5. The van der Waals surface area contributed by atoms with Crippen molar-refractivity contribution in [1.82, 2.24) is 0 Å². The predicted octanol–water partition coefficient (Wildman–Crippen LogP) is 1.87. The third-order valence-corrected chi connectivity index (χ3v) is 4.03. The number of nitriles is 1. The van der Waals surface area contributed by atoms with E-state index >= 15 is 0 Å². The standard InChI is InChI=1S/C14H20N2O3S/c1-4-12(9-20(16,17)18)8-19-14-10(2)5-13(7-15)6-11(14)3/h5-6,12H,4,8-9H2,1-3H3,(H2,16,17,18). The monoisotopic (exact) mass is 296 g/mol. The molecular formula is C14H20N2O3S. The molecule has 0 aliphatic heterocycles. The van der Waals surface area contributed by atoms with Crippen molar-refractivity contribution in [3.05, 3.63) is 28.8 Å². The van der Waals surface area contributed by atoms with E-state index in [9.17, 15) is 8.42 Å². The van der Waals surface area contributed by atoms with Crippen molar-refractivity contribution in [3.8, 4) is 11.8 Å². The molecule has 2 N–H and O–H groups in total. The fourth-order valence-electron chi connectivity index (χ4n) is 2.06. The minimum atomic E-state index is -3.49. The lowest BCUT2D eigenvalue weighted by Crippen LogP contribution is -2.26. The number of ether oxygens (including phenoxy) is 1. The van der Waals surface area contributed by atoms with Gasteiger partial charge in [0.2, 0.25) is 10.0 Å². The van der Waals surface area contributed by atoms with Gasteiger partial charge in [-0.05, 0) is 43.5 Å². The summed E-state index contributed by atoms with van der Waals surface area (Å²) in [5, 5.41) is 13.9. The third-order valence-electron chi connectivity index (χ3n) is 3.10. The van der Waals surface area contributed by atoms with Gasteiger partial charge in [-0.15, -0.1) is 0 Å². The summed E-state index contributed by atoms with van der Waals surface area (Å²) in [6.07, 6.45) is 0.671. The highest BCUT2D eigenvalue weighted by molar-refractivity contribution is 7.89. The highest BCUT2D eigenvalue weighted by atomic mass is 32.2. The van der Waals surface area contributed by atoms with Gasteiger partial charge in [0.1, 0.15) is 5.75 Å². The van der Waals surface area contributed by atoms with Crippen LogP contribution in [0.1, 0.15) is 30.0 Å². The van der Waals surface area contributed by atoms with Crippen LogP contribution in [-0.2, 0) is 10.0 Å². The molecule has 1 aromatic carbocycles. The lowest BCUT2D eigenvalue weighted by molar-refractivity contribution is 0.254. The van der Waals surface area contributed by atoms with Crippen LogP contribution in [0.15, 0.2) is 12.1 Å². The number of hydrogen-bond acceptors (Lipinski definition) is 4. The van der Waals surface area contributed by atoms with Crippen LogP contribution in [-0.4, -0.2) is 20.8 Å². The molecule has 1 rings (SSSR count). The van der Waals surface area contributed by atoms with E-state index in [1.54, 1.807) is 12.1 Å². The Hall–Kier alpha value is -1.58. The molecule has 6 heteroatoms. The average Bonchev–Trinajstić information content (AvgIpc) is 2.34. The molecule has 0 bridgehead atoms. The van der Waals surface area contributed by atoms with Gasteiger partial charge in [-0.3, -0.25) is 0 Å². The number of benzene rings is 1. The van der Waals surface area contributed by atoms with Gasteiger partial charge in [-0.25, -0.2) is 13.6 Å². The molecule has 0 saturated carbocycles. The quantitative estimate of drug-likeness (QED) is 0.867. The maximum atomic E-state index is 11.1. The van der Waals surface area contributed by atoms with Crippen molar-refractivity contribution in [2.24, 2.45) is 11.1 Å². The van der Waals surface area contributed by atoms with Crippen LogP contribution in [0.25, 0.3) is 0 Å². The maximum Gasteiger partial charge on any atom is 0.209 e. The zero-order valence-electron chi connectivity index (χ0n) is 12.0. The molecule has 0 aliphatic rings. The van der Waals surface area contributed by atoms with E-state index in [2.05, 4.69) is 6.07 Å². The summed E-state index contributed by atoms with van der Waals surface area (Å²) in [6, 6.07) is 5.60. The van der Waals surface area contributed by atoms with Crippen molar-refractivity contribution in [3.63, 3.8) is 0 Å². The summed E-state index contributed by atoms with van der Waals surface area (Å²) in [5.74, 6) is 0.481. The van der Waals surface area contributed by atoms with E-state index in [0.717, 1.165) is 11.1 Å². The van der Waals surface area contributed by atoms with Crippen molar-refractivity contribution in [2.75, 3.05) is 12.4 Å². The van der Waals surface area contributed by atoms with Gasteiger partial charge in [-0.1, -0.05) is 6.92 Å². The molecule has 0 aliphatic carbocycles. The Balaban J connectivity index is 2.82. The number of rotatable bonds is 6. The van der Waals surface area contributed by atoms with E-state index in [1.165, 1.54) is 0 Å². The second kappa shape index (κ2) is 6.73. The molecule has 110 valence electrons. The molecule has 1 unspecified atom stereocenters. The van der Waals surface area contributed by atoms with Gasteiger partial charge >= 0.3 is 0 Å². The molecular weight excluding hydrogens is 276 g/mol. The molecule has 1 atom stereocenters. The normalized spacial score (nSPS) is 12.8. The molecule has 0 saturated heterocycles. The predicted molar refractivity (Wildman–Crippen MR) is 77.9 cm³/mol. The Labute approximate surface area is 120 Å². The molecule has 0 radical (unpaired) electrons. The number of primary sulfonamides is 1. The SMILES string of the molecule is CCC(COc1c(C)cc(C#N)cc1C)CS(N)(=O)=O. The van der Waals surface area contributed by atoms with Gasteiger partial charge in [0.25, 0.3) is 0 Å². The first-order chi connectivity index (χ1) is 9.26. The van der Waals surface area contributed by atoms with Gasteiger partial charge in [0.15, 0.2) is 0 Å². The summed E-state index contributed by atoms with van der Waals surface area (Å²) in [7, 11) is -3.49. The molecule has 0 spiro atoms. The summed E-state index contributed by atoms with van der Waals surface area (Å²) < 4.78 is 28.0. The van der Waals surface area contributed by atoms with Crippen LogP contribution in [0.2, 0.25) is 0 Å². The van der Waals surface area contributed by atoms with Gasteiger partial charge in [0.05, 0.1) is 24.0 Å². The molecule has 5 nitrogen and oxygen atoms in total. The van der Waals surface area contributed by atoms with Crippen molar-refractivity contribution >= 4 is 10.0 Å². The van der Waals surface area contributed by atoms with E-state index in [0.29, 0.717) is 24.3 Å². The van der Waals surface area contributed by atoms with Crippen LogP contribution in [0.5, 0.6) is 5.75 Å². The Morgan fingerprint density at radius 3 is 2.30 bits per heavy atom. The van der Waals surface area contributed by atoms with E-state index in [-0.39, 0.29) is 11.7 Å². The minimum absolute atomic E-state index is 0.0854. The Morgan fingerprint density at radius 1 is 1.35 bits per heavy atom. The van der Waals surface area contributed by atoms with Crippen molar-refractivity contribution < 1.29 is 13.2 Å². The maximum absolute atomic E-state index is 11.1. The third kappa shape index (κ3) is 4.83. The number of hydrogen-bond donors (Lipinski definition) is 1. The summed E-state index contributed by atoms with van der Waals surface area (Å²) in [5.41, 5.74) is 2.32. The van der Waals surface area contributed by atoms with E-state index in [1.807, 2.05) is 20.8 Å². The number of nitrogens with zero attached hydrogens (tertiary/aromatic N) is 1. The van der Waals surface area contributed by atoms with Crippen LogP contribution < -0.4 is 9.88 Å². The van der Waals surface area contributed by atoms with Gasteiger partial charge < -0.3 is 4.74 Å². The summed E-state index contributed by atoms with van der Waals surface area (Å²) >= 11 is 0. The van der Waals surface area contributed by atoms with Gasteiger partial charge in [-0.2, -0.15) is 5.26 Å². The second-order valence-electron chi connectivity index (χ2n) is 4.97. The van der Waals surface area contributed by atoms with Crippen molar-refractivity contribution in [2.45, 2.75) is 27.2 Å². The average molecular weight is 296 g/mol. The Morgan fingerprint density at radius 2 is 1.90 bits per heavy atom. The molecule has 0 aromatic heterocycles. The molecule has 1 aromatic rings. The molecule has 0 amide bonds. The second-order valence-corrected chi connectivity index (χ2v) is 6.62. The molecule has 0 heterocycles. The largest absolute Gasteiger partial charge is 0.493 e. The lowest BCUT2D eigenvalue weighted by atomic mass is 10.1. The Kier molecular flexibility index (Phi) is 5.54. The lowest BCUT2D eigenvalue weighted by Gasteiger charge is -2.17. The number of nitrogens with two attached hydrogens (primary N) is 1. The van der Waals surface area contributed by atoms with E-state index < -0.39 is 10.0 Å². The van der Waals surface area contributed by atoms with Crippen LogP contribution in [0.4, 0.5) is 0 Å². The summed E-state index contributed by atoms with van der Waals surface area (Å²) in [4.78, 5) is 0.